The quantitative estimate of drug-likeness (QED) is 0.325. The van der Waals surface area contributed by atoms with Gasteiger partial charge in [-0.25, -0.2) is 9.07 Å². The van der Waals surface area contributed by atoms with Crippen LogP contribution in [0, 0.1) is 5.82 Å². The molecule has 3 heterocycles. The van der Waals surface area contributed by atoms with E-state index < -0.39 is 5.82 Å². The molecule has 4 rings (SSSR count). The van der Waals surface area contributed by atoms with Crippen LogP contribution in [-0.4, -0.2) is 59.7 Å². The summed E-state index contributed by atoms with van der Waals surface area (Å²) in [5.41, 5.74) is 2.38. The summed E-state index contributed by atoms with van der Waals surface area (Å²) in [6, 6.07) is 1.53. The minimum Gasteiger partial charge on any atom is -0.396 e. The Kier molecular flexibility index (Phi) is 5.47. The number of nitrogens with one attached hydrogen (secondary N) is 2. The fraction of sp³-hybridized carbons (Fsp3) is 0.278. The molecule has 4 N–H and O–H groups in total. The number of aromatic amines is 1. The first-order valence-corrected chi connectivity index (χ1v) is 9.40. The number of hydrogen-bond acceptors (Lipinski definition) is 6. The zero-order chi connectivity index (χ0) is 20.4. The van der Waals surface area contributed by atoms with Crippen molar-refractivity contribution in [3.8, 4) is 16.9 Å². The Bertz CT molecular complexity index is 1120. The van der Waals surface area contributed by atoms with E-state index in [1.165, 1.54) is 10.7 Å². The zero-order valence-corrected chi connectivity index (χ0v) is 16.1. The highest BCUT2D eigenvalue weighted by Gasteiger charge is 2.22. The Labute approximate surface area is 169 Å². The van der Waals surface area contributed by atoms with Crippen LogP contribution in [0.25, 0.3) is 27.8 Å². The second-order valence-corrected chi connectivity index (χ2v) is 6.82. The summed E-state index contributed by atoms with van der Waals surface area (Å²) in [5.74, 6) is -0.193. The van der Waals surface area contributed by atoms with Crippen LogP contribution in [0.1, 0.15) is 6.42 Å². The number of aliphatic hydroxyl groups is 2. The zero-order valence-electron chi connectivity index (χ0n) is 15.3. The second kappa shape index (κ2) is 8.19. The molecule has 0 fully saturated rings. The molecular formula is C18H19ClFN7O2. The Hall–Kier alpha value is -2.95. The SMILES string of the molecule is OCCCNc1cc(Cl)c(F)c2c1c(-c1cn[nH]c1)cn2-c1cn(CCO)nn1. The van der Waals surface area contributed by atoms with Crippen molar-refractivity contribution in [3.63, 3.8) is 0 Å². The molecule has 0 amide bonds. The predicted octanol–water partition coefficient (Wildman–Crippen LogP) is 2.19. The monoisotopic (exact) mass is 419 g/mol. The molecule has 4 aromatic rings. The van der Waals surface area contributed by atoms with Gasteiger partial charge in [0.25, 0.3) is 0 Å². The van der Waals surface area contributed by atoms with Crippen LogP contribution < -0.4 is 5.32 Å². The average Bonchev–Trinajstić information content (AvgIpc) is 3.44. The van der Waals surface area contributed by atoms with Crippen molar-refractivity contribution in [2.75, 3.05) is 25.1 Å². The van der Waals surface area contributed by atoms with Crippen LogP contribution in [0.3, 0.4) is 0 Å². The molecule has 0 spiro atoms. The van der Waals surface area contributed by atoms with Gasteiger partial charge in [-0.3, -0.25) is 9.67 Å². The van der Waals surface area contributed by atoms with Gasteiger partial charge in [-0.2, -0.15) is 5.10 Å². The number of aromatic nitrogens is 6. The lowest BCUT2D eigenvalue weighted by molar-refractivity contribution is 0.268. The van der Waals surface area contributed by atoms with Crippen molar-refractivity contribution in [3.05, 3.63) is 41.7 Å². The van der Waals surface area contributed by atoms with Gasteiger partial charge >= 0.3 is 0 Å². The lowest BCUT2D eigenvalue weighted by Gasteiger charge is -2.11. The summed E-state index contributed by atoms with van der Waals surface area (Å²) < 4.78 is 18.2. The van der Waals surface area contributed by atoms with Gasteiger partial charge in [-0.05, 0) is 12.5 Å². The van der Waals surface area contributed by atoms with Crippen LogP contribution in [0.2, 0.25) is 5.02 Å². The molecule has 11 heteroatoms. The number of H-pyrrole nitrogens is 1. The smallest absolute Gasteiger partial charge is 0.179 e. The largest absolute Gasteiger partial charge is 0.396 e. The maximum Gasteiger partial charge on any atom is 0.179 e. The summed E-state index contributed by atoms with van der Waals surface area (Å²) in [7, 11) is 0. The van der Waals surface area contributed by atoms with Crippen molar-refractivity contribution in [2.45, 2.75) is 13.0 Å². The second-order valence-electron chi connectivity index (χ2n) is 6.41. The van der Waals surface area contributed by atoms with Crippen LogP contribution >= 0.6 is 11.6 Å². The maximum atomic E-state index is 15.2. The first-order chi connectivity index (χ1) is 14.1. The third-order valence-electron chi connectivity index (χ3n) is 4.53. The van der Waals surface area contributed by atoms with Gasteiger partial charge in [0.2, 0.25) is 0 Å². The van der Waals surface area contributed by atoms with E-state index in [0.29, 0.717) is 29.9 Å². The molecule has 0 saturated carbocycles. The number of fused-ring (bicyclic) bond motifs is 1. The lowest BCUT2D eigenvalue weighted by atomic mass is 10.1. The van der Waals surface area contributed by atoms with Crippen molar-refractivity contribution >= 4 is 28.2 Å². The van der Waals surface area contributed by atoms with Crippen LogP contribution in [0.4, 0.5) is 10.1 Å². The summed E-state index contributed by atoms with van der Waals surface area (Å²) in [4.78, 5) is 0. The molecule has 0 saturated heterocycles. The summed E-state index contributed by atoms with van der Waals surface area (Å²) in [5, 5.41) is 36.8. The Balaban J connectivity index is 1.96. The Morgan fingerprint density at radius 2 is 2.10 bits per heavy atom. The normalized spacial score (nSPS) is 11.4. The number of hydrogen-bond donors (Lipinski definition) is 4. The number of halogens is 2. The van der Waals surface area contributed by atoms with Crippen LogP contribution in [0.5, 0.6) is 0 Å². The third-order valence-corrected chi connectivity index (χ3v) is 4.80. The summed E-state index contributed by atoms with van der Waals surface area (Å²) in [6.07, 6.45) is 7.26. The first-order valence-electron chi connectivity index (χ1n) is 9.02. The van der Waals surface area contributed by atoms with Gasteiger partial charge in [0.15, 0.2) is 11.6 Å². The van der Waals surface area contributed by atoms with E-state index >= 15 is 4.39 Å². The molecule has 0 aliphatic carbocycles. The first kappa shape index (κ1) is 19.4. The molecule has 0 unspecified atom stereocenters. The molecular weight excluding hydrogens is 401 g/mol. The molecule has 0 atom stereocenters. The summed E-state index contributed by atoms with van der Waals surface area (Å²) >= 11 is 6.18. The van der Waals surface area contributed by atoms with E-state index in [2.05, 4.69) is 25.8 Å². The van der Waals surface area contributed by atoms with Gasteiger partial charge in [-0.1, -0.05) is 16.8 Å². The van der Waals surface area contributed by atoms with E-state index in [9.17, 15) is 0 Å². The maximum absolute atomic E-state index is 15.2. The Morgan fingerprint density at radius 1 is 1.24 bits per heavy atom. The molecule has 1 aromatic carbocycles. The minimum absolute atomic E-state index is 0.0363. The van der Waals surface area contributed by atoms with Gasteiger partial charge in [0.1, 0.15) is 0 Å². The number of anilines is 1. The van der Waals surface area contributed by atoms with Crippen molar-refractivity contribution in [2.24, 2.45) is 0 Å². The lowest BCUT2D eigenvalue weighted by Crippen LogP contribution is -2.05. The highest BCUT2D eigenvalue weighted by Crippen LogP contribution is 2.40. The predicted molar refractivity (Wildman–Crippen MR) is 107 cm³/mol. The molecule has 29 heavy (non-hydrogen) atoms. The molecule has 3 aromatic heterocycles. The molecule has 152 valence electrons. The van der Waals surface area contributed by atoms with Gasteiger partial charge in [0.05, 0.1) is 36.1 Å². The molecule has 0 aliphatic rings. The fourth-order valence-corrected chi connectivity index (χ4v) is 3.42. The number of rotatable bonds is 8. The molecule has 0 radical (unpaired) electrons. The van der Waals surface area contributed by atoms with Gasteiger partial charge in [0, 0.05) is 47.7 Å². The van der Waals surface area contributed by atoms with E-state index in [1.54, 1.807) is 29.4 Å². The van der Waals surface area contributed by atoms with E-state index in [-0.39, 0.29) is 30.3 Å². The topological polar surface area (TPSA) is 117 Å². The van der Waals surface area contributed by atoms with Crippen molar-refractivity contribution in [1.29, 1.82) is 0 Å². The molecule has 0 aliphatic heterocycles. The third kappa shape index (κ3) is 3.57. The minimum atomic E-state index is -0.583. The average molecular weight is 420 g/mol. The van der Waals surface area contributed by atoms with Crippen molar-refractivity contribution < 1.29 is 14.6 Å². The standard InChI is InChI=1S/C18H19ClFN7O2/c19-13-6-14(21-2-1-4-28)16-12(11-7-22-23-8-11)9-27(18(16)17(13)20)15-10-26(3-5-29)25-24-15/h6-10,21,28-29H,1-5H2,(H,22,23). The number of aliphatic hydroxyl groups excluding tert-OH is 2. The van der Waals surface area contributed by atoms with Crippen molar-refractivity contribution in [1.82, 2.24) is 29.8 Å². The number of benzene rings is 1. The highest BCUT2D eigenvalue weighted by atomic mass is 35.5. The van der Waals surface area contributed by atoms with Crippen LogP contribution in [0.15, 0.2) is 30.9 Å². The fourth-order valence-electron chi connectivity index (χ4n) is 3.22. The van der Waals surface area contributed by atoms with E-state index in [0.717, 1.165) is 11.1 Å². The highest BCUT2D eigenvalue weighted by molar-refractivity contribution is 6.32. The van der Waals surface area contributed by atoms with Crippen LogP contribution in [-0.2, 0) is 6.54 Å². The van der Waals surface area contributed by atoms with Gasteiger partial charge < -0.3 is 15.5 Å². The summed E-state index contributed by atoms with van der Waals surface area (Å²) in [6.45, 7) is 0.720. The molecule has 9 nitrogen and oxygen atoms in total. The number of nitrogens with zero attached hydrogens (tertiary/aromatic N) is 5. The van der Waals surface area contributed by atoms with E-state index in [1.807, 2.05) is 0 Å². The van der Waals surface area contributed by atoms with E-state index in [4.69, 9.17) is 21.8 Å². The van der Waals surface area contributed by atoms with Gasteiger partial charge in [-0.15, -0.1) is 5.10 Å². The molecule has 0 bridgehead atoms. The Morgan fingerprint density at radius 3 is 2.83 bits per heavy atom.